The van der Waals surface area contributed by atoms with Crippen molar-refractivity contribution in [1.29, 1.82) is 0 Å². The standard InChI is InChI=1S/C17H29ClN2O2/c1-6-14(17(21)22-5)10-13(3)16(18)8-9-20(7-2)15-11-19(4)12-15/h8,10,13,15H,6-7,9,11-12H2,1-5H3. The van der Waals surface area contributed by atoms with Crippen molar-refractivity contribution in [2.24, 2.45) is 5.92 Å². The molecule has 126 valence electrons. The lowest BCUT2D eigenvalue weighted by Gasteiger charge is -2.43. The first kappa shape index (κ1) is 19.2. The predicted octanol–water partition coefficient (Wildman–Crippen LogP) is 2.89. The Hall–Kier alpha value is -0.840. The van der Waals surface area contributed by atoms with E-state index in [1.807, 2.05) is 19.9 Å². The first-order valence-electron chi connectivity index (χ1n) is 8.00. The first-order valence-corrected chi connectivity index (χ1v) is 8.37. The zero-order chi connectivity index (χ0) is 16.7. The Labute approximate surface area is 139 Å². The van der Waals surface area contributed by atoms with Crippen LogP contribution in [0, 0.1) is 5.92 Å². The van der Waals surface area contributed by atoms with Crippen molar-refractivity contribution in [3.63, 3.8) is 0 Å². The van der Waals surface area contributed by atoms with Gasteiger partial charge < -0.3 is 9.64 Å². The van der Waals surface area contributed by atoms with Gasteiger partial charge in [0, 0.05) is 42.2 Å². The van der Waals surface area contributed by atoms with E-state index in [9.17, 15) is 4.79 Å². The van der Waals surface area contributed by atoms with Crippen LogP contribution in [0.5, 0.6) is 0 Å². The molecule has 0 aromatic carbocycles. The Morgan fingerprint density at radius 2 is 2.09 bits per heavy atom. The van der Waals surface area contributed by atoms with Gasteiger partial charge in [-0.2, -0.15) is 0 Å². The van der Waals surface area contributed by atoms with Crippen LogP contribution >= 0.6 is 11.6 Å². The lowest BCUT2D eigenvalue weighted by molar-refractivity contribution is -0.136. The van der Waals surface area contributed by atoms with Gasteiger partial charge in [-0.05, 0) is 20.0 Å². The lowest BCUT2D eigenvalue weighted by atomic mass is 10.0. The van der Waals surface area contributed by atoms with Gasteiger partial charge in [0.15, 0.2) is 0 Å². The summed E-state index contributed by atoms with van der Waals surface area (Å²) in [5.41, 5.74) is 0.675. The van der Waals surface area contributed by atoms with Gasteiger partial charge in [-0.1, -0.05) is 44.5 Å². The molecule has 5 heteroatoms. The molecule has 22 heavy (non-hydrogen) atoms. The largest absolute Gasteiger partial charge is 0.466 e. The third kappa shape index (κ3) is 5.41. The van der Waals surface area contributed by atoms with Crippen LogP contribution in [0.1, 0.15) is 27.2 Å². The first-order chi connectivity index (χ1) is 10.4. The van der Waals surface area contributed by atoms with Crippen molar-refractivity contribution in [3.05, 3.63) is 22.8 Å². The van der Waals surface area contributed by atoms with E-state index in [0.29, 0.717) is 18.0 Å². The summed E-state index contributed by atoms with van der Waals surface area (Å²) in [6.45, 7) is 10.2. The topological polar surface area (TPSA) is 32.8 Å². The summed E-state index contributed by atoms with van der Waals surface area (Å²) < 4.78 is 4.78. The molecule has 1 fully saturated rings. The fourth-order valence-electron chi connectivity index (χ4n) is 2.67. The number of halogens is 1. The average molecular weight is 329 g/mol. The van der Waals surface area contributed by atoms with E-state index in [4.69, 9.17) is 16.3 Å². The zero-order valence-electron chi connectivity index (χ0n) is 14.4. The minimum absolute atomic E-state index is 0.0264. The van der Waals surface area contributed by atoms with E-state index in [1.165, 1.54) is 7.11 Å². The van der Waals surface area contributed by atoms with Crippen LogP contribution in [0.15, 0.2) is 22.8 Å². The second kappa shape index (κ2) is 9.33. The highest BCUT2D eigenvalue weighted by Crippen LogP contribution is 2.21. The van der Waals surface area contributed by atoms with E-state index in [2.05, 4.69) is 29.8 Å². The SMILES string of the molecule is CCC(=CC(C)C(Cl)=CCN(CC)C1CN(C)C1)C(=O)OC. The molecule has 0 saturated carbocycles. The molecule has 1 rings (SSSR count). The number of ether oxygens (including phenoxy) is 1. The molecular weight excluding hydrogens is 300 g/mol. The highest BCUT2D eigenvalue weighted by atomic mass is 35.5. The highest BCUT2D eigenvalue weighted by molar-refractivity contribution is 6.30. The number of carbonyl (C=O) groups excluding carboxylic acids is 1. The molecular formula is C17H29ClN2O2. The van der Waals surface area contributed by atoms with Gasteiger partial charge in [-0.25, -0.2) is 4.79 Å². The maximum Gasteiger partial charge on any atom is 0.333 e. The summed E-state index contributed by atoms with van der Waals surface area (Å²) in [6, 6.07) is 0.628. The number of methoxy groups -OCH3 is 1. The minimum Gasteiger partial charge on any atom is -0.466 e. The third-order valence-electron chi connectivity index (χ3n) is 4.20. The molecule has 0 aromatic heterocycles. The van der Waals surface area contributed by atoms with Crippen LogP contribution < -0.4 is 0 Å². The van der Waals surface area contributed by atoms with Crippen molar-refractivity contribution in [3.8, 4) is 0 Å². The van der Waals surface area contributed by atoms with Crippen LogP contribution in [0.25, 0.3) is 0 Å². The molecule has 0 aliphatic carbocycles. The second-order valence-electron chi connectivity index (χ2n) is 5.88. The van der Waals surface area contributed by atoms with Gasteiger partial charge in [0.05, 0.1) is 7.11 Å². The van der Waals surface area contributed by atoms with E-state index in [-0.39, 0.29) is 11.9 Å². The number of hydrogen-bond acceptors (Lipinski definition) is 4. The number of esters is 1. The minimum atomic E-state index is -0.272. The van der Waals surface area contributed by atoms with Gasteiger partial charge in [-0.3, -0.25) is 4.90 Å². The number of rotatable bonds is 8. The molecule has 1 aliphatic rings. The monoisotopic (exact) mass is 328 g/mol. The molecule has 0 N–H and O–H groups in total. The van der Waals surface area contributed by atoms with Gasteiger partial charge in [-0.15, -0.1) is 0 Å². The molecule has 1 unspecified atom stereocenters. The van der Waals surface area contributed by atoms with E-state index < -0.39 is 0 Å². The number of hydrogen-bond donors (Lipinski definition) is 0. The molecule has 1 heterocycles. The average Bonchev–Trinajstić information content (AvgIpc) is 2.49. The molecule has 1 atom stereocenters. The number of carbonyl (C=O) groups is 1. The summed E-state index contributed by atoms with van der Waals surface area (Å²) in [5.74, 6) is -0.245. The van der Waals surface area contributed by atoms with Crippen molar-refractivity contribution in [2.75, 3.05) is 40.3 Å². The number of likely N-dealkylation sites (tertiary alicyclic amines) is 1. The summed E-state index contributed by atoms with van der Waals surface area (Å²) in [5, 5.41) is 0.779. The fraction of sp³-hybridized carbons (Fsp3) is 0.706. The molecule has 0 aromatic rings. The fourth-order valence-corrected chi connectivity index (χ4v) is 2.80. The van der Waals surface area contributed by atoms with E-state index in [0.717, 1.165) is 31.2 Å². The number of allylic oxidation sites excluding steroid dienone is 2. The normalized spacial score (nSPS) is 19.2. The van der Waals surface area contributed by atoms with Crippen molar-refractivity contribution in [2.45, 2.75) is 33.2 Å². The number of nitrogens with zero attached hydrogens (tertiary/aromatic N) is 2. The number of likely N-dealkylation sites (N-methyl/N-ethyl adjacent to an activating group) is 2. The molecule has 4 nitrogen and oxygen atoms in total. The molecule has 0 spiro atoms. The van der Waals surface area contributed by atoms with Crippen molar-refractivity contribution < 1.29 is 9.53 Å². The smallest absolute Gasteiger partial charge is 0.333 e. The predicted molar refractivity (Wildman–Crippen MR) is 92.0 cm³/mol. The van der Waals surface area contributed by atoms with E-state index >= 15 is 0 Å². The Morgan fingerprint density at radius 3 is 2.55 bits per heavy atom. The van der Waals surface area contributed by atoms with Gasteiger partial charge in [0.1, 0.15) is 0 Å². The van der Waals surface area contributed by atoms with Gasteiger partial charge >= 0.3 is 5.97 Å². The molecule has 1 saturated heterocycles. The summed E-state index contributed by atoms with van der Waals surface area (Å²) in [7, 11) is 3.54. The second-order valence-corrected chi connectivity index (χ2v) is 6.31. The maximum absolute atomic E-state index is 11.6. The van der Waals surface area contributed by atoms with Crippen LogP contribution in [0.2, 0.25) is 0 Å². The van der Waals surface area contributed by atoms with Crippen molar-refractivity contribution in [1.82, 2.24) is 9.80 Å². The van der Waals surface area contributed by atoms with E-state index in [1.54, 1.807) is 0 Å². The van der Waals surface area contributed by atoms with Crippen LogP contribution in [-0.4, -0.2) is 62.1 Å². The van der Waals surface area contributed by atoms with Crippen LogP contribution in [-0.2, 0) is 9.53 Å². The van der Waals surface area contributed by atoms with Crippen LogP contribution in [0.3, 0.4) is 0 Å². The lowest BCUT2D eigenvalue weighted by Crippen LogP contribution is -2.57. The van der Waals surface area contributed by atoms with Gasteiger partial charge in [0.2, 0.25) is 0 Å². The Bertz CT molecular complexity index is 428. The summed E-state index contributed by atoms with van der Waals surface area (Å²) in [4.78, 5) is 16.4. The Balaban J connectivity index is 2.62. The Morgan fingerprint density at radius 1 is 1.45 bits per heavy atom. The molecule has 0 radical (unpaired) electrons. The summed E-state index contributed by atoms with van der Waals surface area (Å²) in [6.07, 6.45) is 4.61. The van der Waals surface area contributed by atoms with Crippen LogP contribution in [0.4, 0.5) is 0 Å². The summed E-state index contributed by atoms with van der Waals surface area (Å²) >= 11 is 6.40. The quantitative estimate of drug-likeness (QED) is 0.506. The Kier molecular flexibility index (Phi) is 8.15. The maximum atomic E-state index is 11.6. The molecule has 0 amide bonds. The highest BCUT2D eigenvalue weighted by Gasteiger charge is 2.27. The van der Waals surface area contributed by atoms with Crippen molar-refractivity contribution >= 4 is 17.6 Å². The van der Waals surface area contributed by atoms with Gasteiger partial charge in [0.25, 0.3) is 0 Å². The molecule has 0 bridgehead atoms. The molecule has 1 aliphatic heterocycles. The third-order valence-corrected chi connectivity index (χ3v) is 4.70. The zero-order valence-corrected chi connectivity index (χ0v) is 15.2.